The lowest BCUT2D eigenvalue weighted by molar-refractivity contribution is -0.132. The highest BCUT2D eigenvalue weighted by atomic mass is 16.5. The minimum atomic E-state index is -0.705. The fraction of sp³-hybridized carbons (Fsp3) is 0.286. The molecule has 1 heterocycles. The summed E-state index contributed by atoms with van der Waals surface area (Å²) in [5, 5.41) is 17.1. The van der Waals surface area contributed by atoms with Crippen LogP contribution in [0.4, 0.5) is 10.5 Å². The molecule has 3 unspecified atom stereocenters. The first-order valence-electron chi connectivity index (χ1n) is 11.9. The van der Waals surface area contributed by atoms with Gasteiger partial charge in [0.15, 0.2) is 0 Å². The van der Waals surface area contributed by atoms with E-state index < -0.39 is 12.2 Å². The molecule has 1 fully saturated rings. The average molecular weight is 474 g/mol. The second kappa shape index (κ2) is 11.5. The van der Waals surface area contributed by atoms with Crippen LogP contribution >= 0.6 is 0 Å². The number of aliphatic hydroxyl groups is 1. The standard InChI is InChI=1S/C28H31N3O4/c1-21-17-25(18-26(32)23-13-7-3-8-14-23)31(30(21)24-15-9-4-10-16-24)27(33)19-29-28(34)35-20-22-11-5-2-6-12-22/h2-16,21,25-26,32H,17-20H2,1H3,(H,29,34). The number of amides is 2. The highest BCUT2D eigenvalue weighted by Crippen LogP contribution is 2.35. The van der Waals surface area contributed by atoms with Gasteiger partial charge >= 0.3 is 6.09 Å². The van der Waals surface area contributed by atoms with Crippen molar-refractivity contribution in [1.82, 2.24) is 10.3 Å². The van der Waals surface area contributed by atoms with E-state index >= 15 is 0 Å². The zero-order valence-corrected chi connectivity index (χ0v) is 19.8. The number of nitrogens with zero attached hydrogens (tertiary/aromatic N) is 2. The lowest BCUT2D eigenvalue weighted by Gasteiger charge is -2.36. The molecule has 0 aromatic heterocycles. The molecule has 0 saturated carbocycles. The largest absolute Gasteiger partial charge is 0.445 e. The zero-order chi connectivity index (χ0) is 24.6. The first kappa shape index (κ1) is 24.3. The topological polar surface area (TPSA) is 82.1 Å². The van der Waals surface area contributed by atoms with Crippen molar-refractivity contribution in [1.29, 1.82) is 0 Å². The third-order valence-corrected chi connectivity index (χ3v) is 6.16. The molecule has 2 N–H and O–H groups in total. The van der Waals surface area contributed by atoms with Gasteiger partial charge < -0.3 is 15.2 Å². The van der Waals surface area contributed by atoms with E-state index in [1.807, 2.05) is 96.0 Å². The number of alkyl carbamates (subject to hydrolysis) is 1. The molecule has 35 heavy (non-hydrogen) atoms. The maximum atomic E-state index is 13.4. The molecular weight excluding hydrogens is 442 g/mol. The van der Waals surface area contributed by atoms with Crippen molar-refractivity contribution in [2.24, 2.45) is 0 Å². The van der Waals surface area contributed by atoms with Gasteiger partial charge in [-0.15, -0.1) is 0 Å². The summed E-state index contributed by atoms with van der Waals surface area (Å²) in [6, 6.07) is 28.3. The van der Waals surface area contributed by atoms with Crippen LogP contribution in [0.3, 0.4) is 0 Å². The van der Waals surface area contributed by atoms with Gasteiger partial charge in [0.25, 0.3) is 5.91 Å². The Bertz CT molecular complexity index is 1090. The number of para-hydroxylation sites is 1. The first-order chi connectivity index (χ1) is 17.0. The van der Waals surface area contributed by atoms with Crippen molar-refractivity contribution < 1.29 is 19.4 Å². The van der Waals surface area contributed by atoms with E-state index in [0.717, 1.165) is 16.8 Å². The van der Waals surface area contributed by atoms with Gasteiger partial charge in [-0.05, 0) is 36.6 Å². The summed E-state index contributed by atoms with van der Waals surface area (Å²) >= 11 is 0. The molecular formula is C28H31N3O4. The van der Waals surface area contributed by atoms with Gasteiger partial charge in [0.2, 0.25) is 0 Å². The molecule has 182 valence electrons. The lowest BCUT2D eigenvalue weighted by Crippen LogP contribution is -2.51. The van der Waals surface area contributed by atoms with Crippen LogP contribution in [0.5, 0.6) is 0 Å². The number of benzene rings is 3. The van der Waals surface area contributed by atoms with Gasteiger partial charge in [0, 0.05) is 12.5 Å². The fourth-order valence-corrected chi connectivity index (χ4v) is 4.53. The number of aliphatic hydroxyl groups excluding tert-OH is 1. The van der Waals surface area contributed by atoms with Gasteiger partial charge in [-0.25, -0.2) is 9.80 Å². The quantitative estimate of drug-likeness (QED) is 0.505. The van der Waals surface area contributed by atoms with Crippen molar-refractivity contribution in [3.8, 4) is 0 Å². The zero-order valence-electron chi connectivity index (χ0n) is 19.8. The Morgan fingerprint density at radius 2 is 1.57 bits per heavy atom. The summed E-state index contributed by atoms with van der Waals surface area (Å²) in [5.74, 6) is -0.264. The van der Waals surface area contributed by atoms with Crippen LogP contribution in [-0.2, 0) is 16.1 Å². The molecule has 1 aliphatic heterocycles. The van der Waals surface area contributed by atoms with Crippen LogP contribution in [0, 0.1) is 0 Å². The van der Waals surface area contributed by atoms with E-state index in [1.54, 1.807) is 5.01 Å². The molecule has 7 nitrogen and oxygen atoms in total. The highest BCUT2D eigenvalue weighted by Gasteiger charge is 2.41. The molecule has 0 bridgehead atoms. The molecule has 0 spiro atoms. The normalized spacial score (nSPS) is 18.2. The molecule has 2 amide bonds. The van der Waals surface area contributed by atoms with Crippen LogP contribution in [-0.4, -0.2) is 40.7 Å². The molecule has 3 aromatic rings. The van der Waals surface area contributed by atoms with E-state index in [0.29, 0.717) is 12.8 Å². The van der Waals surface area contributed by atoms with Crippen LogP contribution in [0.1, 0.15) is 37.0 Å². The molecule has 3 aromatic carbocycles. The predicted molar refractivity (Wildman–Crippen MR) is 134 cm³/mol. The van der Waals surface area contributed by atoms with Gasteiger partial charge in [0.05, 0.1) is 17.8 Å². The third kappa shape index (κ3) is 6.19. The number of anilines is 1. The Hall–Kier alpha value is -3.84. The fourth-order valence-electron chi connectivity index (χ4n) is 4.53. The van der Waals surface area contributed by atoms with Crippen molar-refractivity contribution in [3.05, 3.63) is 102 Å². The SMILES string of the molecule is CC1CC(CC(O)c2ccccc2)N(C(=O)CNC(=O)OCc2ccccc2)N1c1ccccc1. The lowest BCUT2D eigenvalue weighted by atomic mass is 9.99. The van der Waals surface area contributed by atoms with E-state index in [4.69, 9.17) is 4.74 Å². The van der Waals surface area contributed by atoms with E-state index in [2.05, 4.69) is 12.2 Å². The maximum absolute atomic E-state index is 13.4. The highest BCUT2D eigenvalue weighted by molar-refractivity contribution is 5.84. The van der Waals surface area contributed by atoms with Crippen molar-refractivity contribution in [3.63, 3.8) is 0 Å². The van der Waals surface area contributed by atoms with Crippen molar-refractivity contribution >= 4 is 17.7 Å². The number of hydrogen-bond acceptors (Lipinski definition) is 5. The maximum Gasteiger partial charge on any atom is 0.407 e. The minimum Gasteiger partial charge on any atom is -0.445 e. The first-order valence-corrected chi connectivity index (χ1v) is 11.9. The number of rotatable bonds is 8. The van der Waals surface area contributed by atoms with E-state index in [1.165, 1.54) is 0 Å². The van der Waals surface area contributed by atoms with E-state index in [-0.39, 0.29) is 31.1 Å². The smallest absolute Gasteiger partial charge is 0.407 e. The summed E-state index contributed by atoms with van der Waals surface area (Å²) < 4.78 is 5.25. The average Bonchev–Trinajstić information content (AvgIpc) is 3.23. The Labute approximate surface area is 205 Å². The Balaban J connectivity index is 1.45. The summed E-state index contributed by atoms with van der Waals surface area (Å²) in [4.78, 5) is 25.7. The summed E-state index contributed by atoms with van der Waals surface area (Å²) in [5.41, 5.74) is 2.57. The number of ether oxygens (including phenoxy) is 1. The monoisotopic (exact) mass is 473 g/mol. The number of hydrogen-bond donors (Lipinski definition) is 2. The summed E-state index contributed by atoms with van der Waals surface area (Å²) in [7, 11) is 0. The van der Waals surface area contributed by atoms with Crippen LogP contribution in [0.25, 0.3) is 0 Å². The van der Waals surface area contributed by atoms with Gasteiger partial charge in [-0.2, -0.15) is 0 Å². The summed E-state index contributed by atoms with van der Waals surface area (Å²) in [6.07, 6.45) is -0.269. The molecule has 1 saturated heterocycles. The van der Waals surface area contributed by atoms with Crippen LogP contribution in [0.2, 0.25) is 0 Å². The molecule has 7 heteroatoms. The molecule has 4 rings (SSSR count). The van der Waals surface area contributed by atoms with Crippen molar-refractivity contribution in [2.75, 3.05) is 11.6 Å². The molecule has 0 aliphatic carbocycles. The molecule has 1 aliphatic rings. The Kier molecular flexibility index (Phi) is 8.00. The Morgan fingerprint density at radius 3 is 2.23 bits per heavy atom. The van der Waals surface area contributed by atoms with Gasteiger partial charge in [0.1, 0.15) is 13.2 Å². The van der Waals surface area contributed by atoms with E-state index in [9.17, 15) is 14.7 Å². The van der Waals surface area contributed by atoms with Gasteiger partial charge in [-0.1, -0.05) is 78.9 Å². The summed E-state index contributed by atoms with van der Waals surface area (Å²) in [6.45, 7) is 1.98. The minimum absolute atomic E-state index is 0.0411. The molecule has 3 atom stereocenters. The number of nitrogens with one attached hydrogen (secondary N) is 1. The number of carbonyl (C=O) groups excluding carboxylic acids is 2. The van der Waals surface area contributed by atoms with Crippen LogP contribution in [0.15, 0.2) is 91.0 Å². The second-order valence-electron chi connectivity index (χ2n) is 8.73. The van der Waals surface area contributed by atoms with Gasteiger partial charge in [-0.3, -0.25) is 9.80 Å². The predicted octanol–water partition coefficient (Wildman–Crippen LogP) is 4.45. The number of carbonyl (C=O) groups is 2. The second-order valence-corrected chi connectivity index (χ2v) is 8.73. The Morgan fingerprint density at radius 1 is 0.971 bits per heavy atom. The van der Waals surface area contributed by atoms with Crippen LogP contribution < -0.4 is 10.3 Å². The van der Waals surface area contributed by atoms with Crippen molar-refractivity contribution in [2.45, 2.75) is 44.6 Å². The number of hydrazine groups is 1. The molecule has 0 radical (unpaired) electrons. The third-order valence-electron chi connectivity index (χ3n) is 6.16.